The molecule has 3 N–H and O–H groups in total. The summed E-state index contributed by atoms with van der Waals surface area (Å²) in [5.41, 5.74) is 7.53. The highest BCUT2D eigenvalue weighted by atomic mass is 16.2. The summed E-state index contributed by atoms with van der Waals surface area (Å²) in [6.07, 6.45) is 4.62. The van der Waals surface area contributed by atoms with Crippen LogP contribution in [-0.4, -0.2) is 11.4 Å². The standard InChI is InChI=1S/C14H20N2O/c1-2-11-7-3-4-8-12(11)16-13(17)14(15)9-5-6-10-14/h3-4,7-8H,2,5-6,9-10,15H2,1H3,(H,16,17). The van der Waals surface area contributed by atoms with Crippen LogP contribution in [0.2, 0.25) is 0 Å². The van der Waals surface area contributed by atoms with Crippen molar-refractivity contribution in [2.45, 2.75) is 44.6 Å². The molecule has 92 valence electrons. The van der Waals surface area contributed by atoms with Crippen LogP contribution in [0.1, 0.15) is 38.2 Å². The molecule has 0 spiro atoms. The van der Waals surface area contributed by atoms with Crippen LogP contribution in [0, 0.1) is 0 Å². The second kappa shape index (κ2) is 4.88. The molecule has 1 aliphatic rings. The minimum Gasteiger partial charge on any atom is -0.324 e. The van der Waals surface area contributed by atoms with Gasteiger partial charge in [-0.2, -0.15) is 0 Å². The summed E-state index contributed by atoms with van der Waals surface area (Å²) in [7, 11) is 0. The highest BCUT2D eigenvalue weighted by molar-refractivity contribution is 5.98. The number of aryl methyl sites for hydroxylation is 1. The Kier molecular flexibility index (Phi) is 3.48. The Balaban J connectivity index is 2.12. The zero-order valence-electron chi connectivity index (χ0n) is 10.3. The molecule has 0 heterocycles. The Morgan fingerprint density at radius 1 is 1.35 bits per heavy atom. The fourth-order valence-corrected chi connectivity index (χ4v) is 2.43. The molecule has 3 nitrogen and oxygen atoms in total. The highest BCUT2D eigenvalue weighted by Gasteiger charge is 2.37. The van der Waals surface area contributed by atoms with Gasteiger partial charge in [0.2, 0.25) is 5.91 Å². The number of hydrogen-bond donors (Lipinski definition) is 2. The molecule has 1 saturated carbocycles. The Morgan fingerprint density at radius 3 is 2.65 bits per heavy atom. The molecule has 1 aromatic carbocycles. The van der Waals surface area contributed by atoms with E-state index < -0.39 is 5.54 Å². The Labute approximate surface area is 102 Å². The van der Waals surface area contributed by atoms with Crippen LogP contribution in [0.15, 0.2) is 24.3 Å². The lowest BCUT2D eigenvalue weighted by Gasteiger charge is -2.23. The van der Waals surface area contributed by atoms with Gasteiger partial charge < -0.3 is 11.1 Å². The van der Waals surface area contributed by atoms with Crippen molar-refractivity contribution in [2.75, 3.05) is 5.32 Å². The molecule has 1 amide bonds. The smallest absolute Gasteiger partial charge is 0.244 e. The van der Waals surface area contributed by atoms with Crippen LogP contribution in [0.3, 0.4) is 0 Å². The van der Waals surface area contributed by atoms with Crippen molar-refractivity contribution < 1.29 is 4.79 Å². The molecule has 1 aliphatic carbocycles. The van der Waals surface area contributed by atoms with Crippen molar-refractivity contribution >= 4 is 11.6 Å². The fraction of sp³-hybridized carbons (Fsp3) is 0.500. The quantitative estimate of drug-likeness (QED) is 0.841. The fourth-order valence-electron chi connectivity index (χ4n) is 2.43. The summed E-state index contributed by atoms with van der Waals surface area (Å²) in [6.45, 7) is 2.08. The maximum atomic E-state index is 12.2. The summed E-state index contributed by atoms with van der Waals surface area (Å²) in [5.74, 6) is -0.0316. The number of benzene rings is 1. The van der Waals surface area contributed by atoms with Gasteiger partial charge in [0, 0.05) is 5.69 Å². The summed E-state index contributed by atoms with van der Waals surface area (Å²) in [5, 5.41) is 2.98. The van der Waals surface area contributed by atoms with E-state index in [1.165, 1.54) is 0 Å². The monoisotopic (exact) mass is 232 g/mol. The van der Waals surface area contributed by atoms with Gasteiger partial charge in [0.1, 0.15) is 0 Å². The van der Waals surface area contributed by atoms with Gasteiger partial charge in [-0.15, -0.1) is 0 Å². The first-order chi connectivity index (χ1) is 8.15. The molecule has 0 aliphatic heterocycles. The van der Waals surface area contributed by atoms with Gasteiger partial charge in [-0.05, 0) is 30.9 Å². The van der Waals surface area contributed by atoms with Crippen LogP contribution in [0.25, 0.3) is 0 Å². The van der Waals surface area contributed by atoms with Gasteiger partial charge in [0.15, 0.2) is 0 Å². The van der Waals surface area contributed by atoms with Gasteiger partial charge in [-0.25, -0.2) is 0 Å². The molecule has 0 saturated heterocycles. The average Bonchev–Trinajstić information content (AvgIpc) is 2.78. The first kappa shape index (κ1) is 12.1. The van der Waals surface area contributed by atoms with Crippen molar-refractivity contribution in [3.05, 3.63) is 29.8 Å². The van der Waals surface area contributed by atoms with Crippen LogP contribution < -0.4 is 11.1 Å². The minimum absolute atomic E-state index is 0.0316. The Bertz CT molecular complexity index is 408. The second-order valence-corrected chi connectivity index (χ2v) is 4.83. The van der Waals surface area contributed by atoms with E-state index in [9.17, 15) is 4.79 Å². The van der Waals surface area contributed by atoms with Crippen LogP contribution >= 0.6 is 0 Å². The lowest BCUT2D eigenvalue weighted by molar-refractivity contribution is -0.121. The van der Waals surface area contributed by atoms with Gasteiger partial charge in [0.25, 0.3) is 0 Å². The van der Waals surface area contributed by atoms with E-state index in [0.717, 1.165) is 43.4 Å². The van der Waals surface area contributed by atoms with E-state index in [1.54, 1.807) is 0 Å². The molecule has 0 aromatic heterocycles. The van der Waals surface area contributed by atoms with Gasteiger partial charge in [-0.3, -0.25) is 4.79 Å². The van der Waals surface area contributed by atoms with E-state index in [2.05, 4.69) is 12.2 Å². The van der Waals surface area contributed by atoms with Crippen molar-refractivity contribution in [3.63, 3.8) is 0 Å². The predicted molar refractivity (Wildman–Crippen MR) is 69.8 cm³/mol. The van der Waals surface area contributed by atoms with Crippen molar-refractivity contribution in [1.82, 2.24) is 0 Å². The number of para-hydroxylation sites is 1. The number of nitrogens with one attached hydrogen (secondary N) is 1. The van der Waals surface area contributed by atoms with Crippen molar-refractivity contribution in [3.8, 4) is 0 Å². The molecule has 0 unspecified atom stereocenters. The van der Waals surface area contributed by atoms with Gasteiger partial charge in [0.05, 0.1) is 5.54 Å². The number of carbonyl (C=O) groups excluding carboxylic acids is 1. The number of hydrogen-bond acceptors (Lipinski definition) is 2. The highest BCUT2D eigenvalue weighted by Crippen LogP contribution is 2.29. The normalized spacial score (nSPS) is 18.0. The number of amides is 1. The summed E-state index contributed by atoms with van der Waals surface area (Å²) < 4.78 is 0. The molecule has 2 rings (SSSR count). The van der Waals surface area contributed by atoms with Gasteiger partial charge >= 0.3 is 0 Å². The van der Waals surface area contributed by atoms with E-state index in [4.69, 9.17) is 5.73 Å². The predicted octanol–water partition coefficient (Wildman–Crippen LogP) is 2.46. The maximum Gasteiger partial charge on any atom is 0.244 e. The van der Waals surface area contributed by atoms with Crippen LogP contribution in [0.5, 0.6) is 0 Å². The molecule has 3 heteroatoms. The molecule has 0 bridgehead atoms. The lowest BCUT2D eigenvalue weighted by atomic mass is 9.97. The third kappa shape index (κ3) is 2.50. The van der Waals surface area contributed by atoms with E-state index in [1.807, 2.05) is 24.3 Å². The molecular formula is C14H20N2O. The SMILES string of the molecule is CCc1ccccc1NC(=O)C1(N)CCCC1. The topological polar surface area (TPSA) is 55.1 Å². The molecule has 0 atom stereocenters. The van der Waals surface area contributed by atoms with Crippen LogP contribution in [-0.2, 0) is 11.2 Å². The minimum atomic E-state index is -0.652. The first-order valence-electron chi connectivity index (χ1n) is 6.34. The van der Waals surface area contributed by atoms with Crippen LogP contribution in [0.4, 0.5) is 5.69 Å². The summed E-state index contributed by atoms with van der Waals surface area (Å²) >= 11 is 0. The Morgan fingerprint density at radius 2 is 2.00 bits per heavy atom. The molecule has 17 heavy (non-hydrogen) atoms. The maximum absolute atomic E-state index is 12.2. The largest absolute Gasteiger partial charge is 0.324 e. The second-order valence-electron chi connectivity index (χ2n) is 4.83. The third-order valence-electron chi connectivity index (χ3n) is 3.59. The summed E-state index contributed by atoms with van der Waals surface area (Å²) in [6, 6.07) is 7.90. The first-order valence-corrected chi connectivity index (χ1v) is 6.34. The van der Waals surface area contributed by atoms with E-state index in [-0.39, 0.29) is 5.91 Å². The summed E-state index contributed by atoms with van der Waals surface area (Å²) in [4.78, 5) is 12.2. The zero-order chi connectivity index (χ0) is 12.3. The number of carbonyl (C=O) groups is 1. The van der Waals surface area contributed by atoms with E-state index >= 15 is 0 Å². The molecular weight excluding hydrogens is 212 g/mol. The van der Waals surface area contributed by atoms with Crippen molar-refractivity contribution in [1.29, 1.82) is 0 Å². The van der Waals surface area contributed by atoms with E-state index in [0.29, 0.717) is 0 Å². The molecule has 1 fully saturated rings. The molecule has 1 aromatic rings. The number of anilines is 1. The lowest BCUT2D eigenvalue weighted by Crippen LogP contribution is -2.48. The number of rotatable bonds is 3. The van der Waals surface area contributed by atoms with Gasteiger partial charge in [-0.1, -0.05) is 38.0 Å². The van der Waals surface area contributed by atoms with Crippen molar-refractivity contribution in [2.24, 2.45) is 5.73 Å². The zero-order valence-corrected chi connectivity index (χ0v) is 10.3. The Hall–Kier alpha value is -1.35. The molecule has 0 radical (unpaired) electrons. The average molecular weight is 232 g/mol. The third-order valence-corrected chi connectivity index (χ3v) is 3.59. The number of nitrogens with two attached hydrogens (primary N) is 1.